The monoisotopic (exact) mass is 292 g/mol. The molecule has 0 spiro atoms. The third-order valence-corrected chi connectivity index (χ3v) is 2.42. The van der Waals surface area contributed by atoms with Gasteiger partial charge in [0.05, 0.1) is 18.6 Å². The summed E-state index contributed by atoms with van der Waals surface area (Å²) in [6.07, 6.45) is 0.0353. The number of rotatable bonds is 5. The average Bonchev–Trinajstić information content (AvgIpc) is 2.29. The van der Waals surface area contributed by atoms with Crippen molar-refractivity contribution >= 4 is 27.5 Å². The Kier molecular flexibility index (Phi) is 5.07. The van der Waals surface area contributed by atoms with Crippen LogP contribution in [-0.4, -0.2) is 39.1 Å². The number of ether oxygens (including phenoxy) is 1. The summed E-state index contributed by atoms with van der Waals surface area (Å²) < 4.78 is 41.9. The van der Waals surface area contributed by atoms with E-state index in [1.807, 2.05) is 4.72 Å². The third-order valence-electron chi connectivity index (χ3n) is 1.83. The Morgan fingerprint density at radius 1 is 1.47 bits per heavy atom. The molecule has 0 bridgehead atoms. The maximum Gasteiger partial charge on any atom is 0.411 e. The van der Waals surface area contributed by atoms with Gasteiger partial charge in [0.2, 0.25) is 10.0 Å². The number of sulfonamides is 1. The molecule has 0 saturated heterocycles. The van der Waals surface area contributed by atoms with E-state index in [1.54, 1.807) is 0 Å². The molecule has 0 heterocycles. The minimum Gasteiger partial charge on any atom is -0.447 e. The van der Waals surface area contributed by atoms with Gasteiger partial charge in [-0.3, -0.25) is 10.0 Å². The number of halogens is 1. The molecule has 1 aromatic rings. The van der Waals surface area contributed by atoms with Crippen LogP contribution in [0.4, 0.5) is 20.6 Å². The lowest BCUT2D eigenvalue weighted by Gasteiger charge is -2.09. The molecule has 106 valence electrons. The van der Waals surface area contributed by atoms with Gasteiger partial charge in [0.25, 0.3) is 0 Å². The predicted octanol–water partition coefficient (Wildman–Crippen LogP) is 0.738. The molecule has 7 nitrogen and oxygen atoms in total. The highest BCUT2D eigenvalue weighted by molar-refractivity contribution is 7.92. The van der Waals surface area contributed by atoms with Crippen LogP contribution in [0.3, 0.4) is 0 Å². The zero-order chi connectivity index (χ0) is 14.5. The van der Waals surface area contributed by atoms with Gasteiger partial charge in [-0.25, -0.2) is 17.6 Å². The van der Waals surface area contributed by atoms with Crippen LogP contribution in [0.25, 0.3) is 0 Å². The molecule has 0 unspecified atom stereocenters. The number of carbonyl (C=O) groups excluding carboxylic acids is 1. The molecule has 0 atom stereocenters. The molecule has 0 fully saturated rings. The molecule has 0 saturated carbocycles. The highest BCUT2D eigenvalue weighted by Crippen LogP contribution is 2.20. The SMILES string of the molecule is CS(=O)(=O)Nc1cc(NC(=O)OCCO)ccc1F. The predicted molar refractivity (Wildman–Crippen MR) is 66.9 cm³/mol. The van der Waals surface area contributed by atoms with E-state index in [2.05, 4.69) is 10.1 Å². The van der Waals surface area contributed by atoms with E-state index in [0.717, 1.165) is 18.4 Å². The number of hydrogen-bond acceptors (Lipinski definition) is 5. The molecular formula is C10H13FN2O5S. The molecule has 0 radical (unpaired) electrons. The number of anilines is 2. The van der Waals surface area contributed by atoms with Crippen molar-refractivity contribution in [2.45, 2.75) is 0 Å². The fourth-order valence-electron chi connectivity index (χ4n) is 1.17. The Morgan fingerprint density at radius 3 is 2.74 bits per heavy atom. The van der Waals surface area contributed by atoms with E-state index in [0.29, 0.717) is 0 Å². The highest BCUT2D eigenvalue weighted by Gasteiger charge is 2.10. The first-order chi connectivity index (χ1) is 8.81. The van der Waals surface area contributed by atoms with Crippen molar-refractivity contribution < 1.29 is 27.4 Å². The second-order valence-electron chi connectivity index (χ2n) is 3.55. The normalized spacial score (nSPS) is 10.9. The van der Waals surface area contributed by atoms with E-state index in [9.17, 15) is 17.6 Å². The largest absolute Gasteiger partial charge is 0.447 e. The van der Waals surface area contributed by atoms with Gasteiger partial charge in [-0.15, -0.1) is 0 Å². The van der Waals surface area contributed by atoms with Crippen LogP contribution in [0.2, 0.25) is 0 Å². The number of aliphatic hydroxyl groups excluding tert-OH is 1. The molecule has 0 aliphatic heterocycles. The fraction of sp³-hybridized carbons (Fsp3) is 0.300. The van der Waals surface area contributed by atoms with Crippen LogP contribution in [0, 0.1) is 5.82 Å². The van der Waals surface area contributed by atoms with Crippen LogP contribution in [0.15, 0.2) is 18.2 Å². The molecule has 1 aromatic carbocycles. The Morgan fingerprint density at radius 2 is 2.16 bits per heavy atom. The summed E-state index contributed by atoms with van der Waals surface area (Å²) >= 11 is 0. The van der Waals surface area contributed by atoms with Crippen molar-refractivity contribution in [3.05, 3.63) is 24.0 Å². The van der Waals surface area contributed by atoms with Crippen molar-refractivity contribution in [3.8, 4) is 0 Å². The molecule has 0 aliphatic rings. The topological polar surface area (TPSA) is 105 Å². The molecule has 1 amide bonds. The number of amides is 1. The Bertz CT molecular complexity index is 561. The van der Waals surface area contributed by atoms with Gasteiger partial charge >= 0.3 is 6.09 Å². The van der Waals surface area contributed by atoms with Crippen molar-refractivity contribution in [1.29, 1.82) is 0 Å². The zero-order valence-electron chi connectivity index (χ0n) is 10.0. The number of carbonyl (C=O) groups is 1. The standard InChI is InChI=1S/C10H13FN2O5S/c1-19(16,17)13-9-6-7(2-3-8(9)11)12-10(15)18-5-4-14/h2-3,6,13-14H,4-5H2,1H3,(H,12,15). The van der Waals surface area contributed by atoms with Gasteiger partial charge < -0.3 is 9.84 Å². The minimum absolute atomic E-state index is 0.149. The molecule has 0 aromatic heterocycles. The second-order valence-corrected chi connectivity index (χ2v) is 5.30. The van der Waals surface area contributed by atoms with Gasteiger partial charge in [-0.1, -0.05) is 0 Å². The summed E-state index contributed by atoms with van der Waals surface area (Å²) in [6, 6.07) is 3.34. The first-order valence-electron chi connectivity index (χ1n) is 5.14. The molecular weight excluding hydrogens is 279 g/mol. The van der Waals surface area contributed by atoms with Gasteiger partial charge in [0, 0.05) is 5.69 Å². The average molecular weight is 292 g/mol. The Balaban J connectivity index is 2.81. The van der Waals surface area contributed by atoms with Crippen molar-refractivity contribution in [3.63, 3.8) is 0 Å². The lowest BCUT2D eigenvalue weighted by atomic mass is 10.3. The van der Waals surface area contributed by atoms with E-state index in [4.69, 9.17) is 5.11 Å². The maximum atomic E-state index is 13.3. The summed E-state index contributed by atoms with van der Waals surface area (Å²) in [5, 5.41) is 10.7. The lowest BCUT2D eigenvalue weighted by Crippen LogP contribution is -2.16. The minimum atomic E-state index is -3.63. The fourth-order valence-corrected chi connectivity index (χ4v) is 1.73. The van der Waals surface area contributed by atoms with Gasteiger partial charge in [-0.2, -0.15) is 0 Å². The highest BCUT2D eigenvalue weighted by atomic mass is 32.2. The third kappa shape index (κ3) is 5.53. The first-order valence-corrected chi connectivity index (χ1v) is 7.03. The number of benzene rings is 1. The Labute approximate surface area is 109 Å². The van der Waals surface area contributed by atoms with E-state index < -0.39 is 21.9 Å². The van der Waals surface area contributed by atoms with Crippen molar-refractivity contribution in [2.24, 2.45) is 0 Å². The van der Waals surface area contributed by atoms with Crippen LogP contribution in [-0.2, 0) is 14.8 Å². The summed E-state index contributed by atoms with van der Waals surface area (Å²) in [5.41, 5.74) is -0.141. The zero-order valence-corrected chi connectivity index (χ0v) is 10.8. The van der Waals surface area contributed by atoms with E-state index in [-0.39, 0.29) is 24.6 Å². The summed E-state index contributed by atoms with van der Waals surface area (Å²) in [7, 11) is -3.63. The molecule has 3 N–H and O–H groups in total. The summed E-state index contributed by atoms with van der Waals surface area (Å²) in [6.45, 7) is -0.501. The van der Waals surface area contributed by atoms with Crippen LogP contribution in [0.5, 0.6) is 0 Å². The molecule has 19 heavy (non-hydrogen) atoms. The first kappa shape index (κ1) is 15.2. The van der Waals surface area contributed by atoms with Gasteiger partial charge in [0.1, 0.15) is 12.4 Å². The van der Waals surface area contributed by atoms with Crippen LogP contribution in [0.1, 0.15) is 0 Å². The van der Waals surface area contributed by atoms with E-state index >= 15 is 0 Å². The summed E-state index contributed by atoms with van der Waals surface area (Å²) in [5.74, 6) is -0.778. The smallest absolute Gasteiger partial charge is 0.411 e. The molecule has 9 heteroatoms. The Hall–Kier alpha value is -1.87. The quantitative estimate of drug-likeness (QED) is 0.742. The van der Waals surface area contributed by atoms with Crippen molar-refractivity contribution in [2.75, 3.05) is 29.5 Å². The summed E-state index contributed by atoms with van der Waals surface area (Å²) in [4.78, 5) is 11.2. The van der Waals surface area contributed by atoms with Crippen molar-refractivity contribution in [1.82, 2.24) is 0 Å². The second kappa shape index (κ2) is 6.34. The maximum absolute atomic E-state index is 13.3. The number of aliphatic hydroxyl groups is 1. The van der Waals surface area contributed by atoms with Crippen LogP contribution < -0.4 is 10.0 Å². The number of nitrogens with one attached hydrogen (secondary N) is 2. The molecule has 0 aliphatic carbocycles. The van der Waals surface area contributed by atoms with Crippen LogP contribution >= 0.6 is 0 Å². The van der Waals surface area contributed by atoms with Gasteiger partial charge in [-0.05, 0) is 18.2 Å². The van der Waals surface area contributed by atoms with E-state index in [1.165, 1.54) is 6.07 Å². The lowest BCUT2D eigenvalue weighted by molar-refractivity contribution is 0.131. The molecule has 1 rings (SSSR count). The van der Waals surface area contributed by atoms with Gasteiger partial charge in [0.15, 0.2) is 0 Å². The number of hydrogen-bond donors (Lipinski definition) is 3.